The lowest BCUT2D eigenvalue weighted by Crippen LogP contribution is -2.47. The molecule has 2 rings (SSSR count). The summed E-state index contributed by atoms with van der Waals surface area (Å²) in [6.45, 7) is 2.48. The Bertz CT molecular complexity index is 533. The van der Waals surface area contributed by atoms with Gasteiger partial charge in [0.1, 0.15) is 5.60 Å². The predicted octanol–water partition coefficient (Wildman–Crippen LogP) is 0.604. The van der Waals surface area contributed by atoms with Gasteiger partial charge in [0, 0.05) is 45.0 Å². The number of benzene rings is 1. The minimum atomic E-state index is -1.01. The fraction of sp³-hybridized carbons (Fsp3) is 0.533. The third-order valence-electron chi connectivity index (χ3n) is 3.96. The van der Waals surface area contributed by atoms with Crippen LogP contribution in [0.3, 0.4) is 0 Å². The monoisotopic (exact) mass is 293 g/mol. The first-order chi connectivity index (χ1) is 9.83. The lowest BCUT2D eigenvalue weighted by Gasteiger charge is -2.26. The Morgan fingerprint density at radius 3 is 2.86 bits per heavy atom. The molecule has 6 heteroatoms. The van der Waals surface area contributed by atoms with Gasteiger partial charge < -0.3 is 25.8 Å². The van der Waals surface area contributed by atoms with Gasteiger partial charge in [0.25, 0.3) is 5.91 Å². The number of amides is 1. The van der Waals surface area contributed by atoms with Crippen molar-refractivity contribution in [3.8, 4) is 0 Å². The van der Waals surface area contributed by atoms with Gasteiger partial charge >= 0.3 is 0 Å². The van der Waals surface area contributed by atoms with Crippen molar-refractivity contribution in [2.75, 3.05) is 37.9 Å². The highest BCUT2D eigenvalue weighted by Gasteiger charge is 2.39. The van der Waals surface area contributed by atoms with E-state index in [0.29, 0.717) is 24.3 Å². The fourth-order valence-corrected chi connectivity index (χ4v) is 2.46. The summed E-state index contributed by atoms with van der Waals surface area (Å²) in [5.74, 6) is -0.251. The SMILES string of the molecule is CC1OCCC1(O)CNC(=O)c1cc(N)ccc1N(C)C. The zero-order valence-electron chi connectivity index (χ0n) is 12.7. The highest BCUT2D eigenvalue weighted by Crippen LogP contribution is 2.26. The summed E-state index contributed by atoms with van der Waals surface area (Å²) >= 11 is 0. The normalized spacial score (nSPS) is 24.9. The molecule has 0 aliphatic carbocycles. The number of ether oxygens (including phenoxy) is 1. The number of carbonyl (C=O) groups excluding carboxylic acids is 1. The molecule has 1 aliphatic heterocycles. The molecule has 21 heavy (non-hydrogen) atoms. The van der Waals surface area contributed by atoms with Crippen molar-refractivity contribution in [3.63, 3.8) is 0 Å². The number of rotatable bonds is 4. The first kappa shape index (κ1) is 15.6. The summed E-state index contributed by atoms with van der Waals surface area (Å²) in [4.78, 5) is 14.2. The van der Waals surface area contributed by atoms with Gasteiger partial charge in [0.15, 0.2) is 0 Å². The van der Waals surface area contributed by atoms with Crippen molar-refractivity contribution in [2.24, 2.45) is 0 Å². The molecule has 1 aromatic carbocycles. The number of anilines is 2. The standard InChI is InChI=1S/C15H23N3O3/c1-10-15(20,6-7-21-10)9-17-14(19)12-8-11(16)4-5-13(12)18(2)3/h4-5,8,10,20H,6-7,9,16H2,1-3H3,(H,17,19). The lowest BCUT2D eigenvalue weighted by molar-refractivity contribution is -0.0251. The first-order valence-electron chi connectivity index (χ1n) is 7.02. The molecule has 4 N–H and O–H groups in total. The fourth-order valence-electron chi connectivity index (χ4n) is 2.46. The van der Waals surface area contributed by atoms with Crippen LogP contribution in [0.25, 0.3) is 0 Å². The Hall–Kier alpha value is -1.79. The number of hydrogen-bond donors (Lipinski definition) is 3. The van der Waals surface area contributed by atoms with Crippen molar-refractivity contribution in [3.05, 3.63) is 23.8 Å². The van der Waals surface area contributed by atoms with E-state index in [-0.39, 0.29) is 18.6 Å². The molecule has 6 nitrogen and oxygen atoms in total. The molecule has 2 atom stereocenters. The molecule has 0 aromatic heterocycles. The second-order valence-corrected chi connectivity index (χ2v) is 5.72. The summed E-state index contributed by atoms with van der Waals surface area (Å²) < 4.78 is 5.36. The van der Waals surface area contributed by atoms with Gasteiger partial charge in [-0.15, -0.1) is 0 Å². The second kappa shape index (κ2) is 5.91. The van der Waals surface area contributed by atoms with Crippen LogP contribution in [0.4, 0.5) is 11.4 Å². The van der Waals surface area contributed by atoms with Crippen LogP contribution in [0, 0.1) is 0 Å². The van der Waals surface area contributed by atoms with Crippen molar-refractivity contribution in [1.82, 2.24) is 5.32 Å². The van der Waals surface area contributed by atoms with E-state index in [2.05, 4.69) is 5.32 Å². The molecule has 0 saturated carbocycles. The van der Waals surface area contributed by atoms with E-state index in [9.17, 15) is 9.90 Å². The van der Waals surface area contributed by atoms with E-state index in [0.717, 1.165) is 5.69 Å². The topological polar surface area (TPSA) is 87.8 Å². The largest absolute Gasteiger partial charge is 0.399 e. The third kappa shape index (κ3) is 3.28. The summed E-state index contributed by atoms with van der Waals surface area (Å²) in [5.41, 5.74) is 6.57. The second-order valence-electron chi connectivity index (χ2n) is 5.72. The molecule has 0 bridgehead atoms. The van der Waals surface area contributed by atoms with Crippen molar-refractivity contribution >= 4 is 17.3 Å². The molecule has 1 heterocycles. The van der Waals surface area contributed by atoms with E-state index in [4.69, 9.17) is 10.5 Å². The number of nitrogen functional groups attached to an aromatic ring is 1. The molecule has 1 aromatic rings. The number of nitrogens with zero attached hydrogens (tertiary/aromatic N) is 1. The Balaban J connectivity index is 2.12. The first-order valence-corrected chi connectivity index (χ1v) is 7.02. The van der Waals surface area contributed by atoms with Crippen molar-refractivity contribution in [1.29, 1.82) is 0 Å². The number of nitrogens with two attached hydrogens (primary N) is 1. The number of carbonyl (C=O) groups is 1. The van der Waals surface area contributed by atoms with Crippen LogP contribution in [0.2, 0.25) is 0 Å². The number of hydrogen-bond acceptors (Lipinski definition) is 5. The van der Waals surface area contributed by atoms with E-state index < -0.39 is 5.60 Å². The minimum Gasteiger partial charge on any atom is -0.399 e. The zero-order valence-corrected chi connectivity index (χ0v) is 12.7. The average molecular weight is 293 g/mol. The van der Waals surface area contributed by atoms with E-state index >= 15 is 0 Å². The predicted molar refractivity (Wildman–Crippen MR) is 82.5 cm³/mol. The Morgan fingerprint density at radius 2 is 2.29 bits per heavy atom. The van der Waals surface area contributed by atoms with Crippen molar-refractivity contribution < 1.29 is 14.6 Å². The van der Waals surface area contributed by atoms with Crippen LogP contribution >= 0.6 is 0 Å². The molecule has 0 spiro atoms. The van der Waals surface area contributed by atoms with Crippen molar-refractivity contribution in [2.45, 2.75) is 25.0 Å². The van der Waals surface area contributed by atoms with Gasteiger partial charge in [0.05, 0.1) is 11.7 Å². The average Bonchev–Trinajstić information content (AvgIpc) is 2.76. The van der Waals surface area contributed by atoms with Crippen LogP contribution in [0.1, 0.15) is 23.7 Å². The summed E-state index contributed by atoms with van der Waals surface area (Å²) in [6, 6.07) is 5.20. The van der Waals surface area contributed by atoms with E-state index in [1.165, 1.54) is 0 Å². The summed E-state index contributed by atoms with van der Waals surface area (Å²) in [6.07, 6.45) is 0.235. The maximum Gasteiger partial charge on any atom is 0.253 e. The van der Waals surface area contributed by atoms with Gasteiger partial charge in [-0.1, -0.05) is 0 Å². The maximum atomic E-state index is 12.4. The molecule has 1 aliphatic rings. The van der Waals surface area contributed by atoms with Crippen LogP contribution < -0.4 is 16.0 Å². The maximum absolute atomic E-state index is 12.4. The van der Waals surface area contributed by atoms with E-state index in [1.807, 2.05) is 25.9 Å². The minimum absolute atomic E-state index is 0.161. The van der Waals surface area contributed by atoms with Gasteiger partial charge in [0.2, 0.25) is 0 Å². The third-order valence-corrected chi connectivity index (χ3v) is 3.96. The van der Waals surface area contributed by atoms with Gasteiger partial charge in [-0.3, -0.25) is 4.79 Å². The highest BCUT2D eigenvalue weighted by atomic mass is 16.5. The quantitative estimate of drug-likeness (QED) is 0.708. The van der Waals surface area contributed by atoms with Gasteiger partial charge in [-0.05, 0) is 25.1 Å². The van der Waals surface area contributed by atoms with Crippen LogP contribution in [-0.4, -0.2) is 50.0 Å². The molecule has 1 fully saturated rings. The van der Waals surface area contributed by atoms with Crippen LogP contribution in [-0.2, 0) is 4.74 Å². The lowest BCUT2D eigenvalue weighted by atomic mass is 9.96. The van der Waals surface area contributed by atoms with E-state index in [1.54, 1.807) is 18.2 Å². The molecule has 0 radical (unpaired) electrons. The molecule has 1 amide bonds. The summed E-state index contributed by atoms with van der Waals surface area (Å²) in [5, 5.41) is 13.2. The summed E-state index contributed by atoms with van der Waals surface area (Å²) in [7, 11) is 3.73. The Labute approximate surface area is 124 Å². The Kier molecular flexibility index (Phi) is 4.39. The smallest absolute Gasteiger partial charge is 0.253 e. The Morgan fingerprint density at radius 1 is 1.57 bits per heavy atom. The molecular weight excluding hydrogens is 270 g/mol. The zero-order chi connectivity index (χ0) is 15.6. The molecule has 1 saturated heterocycles. The molecular formula is C15H23N3O3. The molecule has 116 valence electrons. The van der Waals surface area contributed by atoms with Crippen LogP contribution in [0.15, 0.2) is 18.2 Å². The number of aliphatic hydroxyl groups is 1. The van der Waals surface area contributed by atoms with Gasteiger partial charge in [-0.2, -0.15) is 0 Å². The van der Waals surface area contributed by atoms with Gasteiger partial charge in [-0.25, -0.2) is 0 Å². The highest BCUT2D eigenvalue weighted by molar-refractivity contribution is 6.00. The van der Waals surface area contributed by atoms with Crippen LogP contribution in [0.5, 0.6) is 0 Å². The number of nitrogens with one attached hydrogen (secondary N) is 1. The molecule has 2 unspecified atom stereocenters.